The molecular formula is C8H15NO3. The normalized spacial score (nSPS) is 12.2. The summed E-state index contributed by atoms with van der Waals surface area (Å²) in [7, 11) is 1.31. The summed E-state index contributed by atoms with van der Waals surface area (Å²) in [5.74, 6) is -0.340. The van der Waals surface area contributed by atoms with Gasteiger partial charge in [-0.15, -0.1) is 0 Å². The smallest absolute Gasteiger partial charge is 0.305 e. The number of carbonyl (C=O) groups is 2. The summed E-state index contributed by atoms with van der Waals surface area (Å²) in [6.07, 6.45) is 1.01. The van der Waals surface area contributed by atoms with Crippen molar-refractivity contribution < 1.29 is 14.3 Å². The number of methoxy groups -OCH3 is 1. The average molecular weight is 173 g/mol. The van der Waals surface area contributed by atoms with Crippen LogP contribution in [0.3, 0.4) is 0 Å². The molecular weight excluding hydrogens is 158 g/mol. The highest BCUT2D eigenvalue weighted by molar-refractivity contribution is 5.84. The van der Waals surface area contributed by atoms with Gasteiger partial charge in [-0.1, -0.05) is 6.92 Å². The van der Waals surface area contributed by atoms with Crippen molar-refractivity contribution in [3.05, 3.63) is 0 Å². The predicted octanol–water partition coefficient (Wildman–Crippen LogP) is 0.246. The van der Waals surface area contributed by atoms with E-state index in [-0.39, 0.29) is 18.2 Å². The van der Waals surface area contributed by atoms with Crippen LogP contribution in [0.5, 0.6) is 0 Å². The number of esters is 1. The van der Waals surface area contributed by atoms with E-state index >= 15 is 0 Å². The Morgan fingerprint density at radius 2 is 2.08 bits per heavy atom. The molecule has 0 spiro atoms. The lowest BCUT2D eigenvalue weighted by molar-refractivity contribution is -0.140. The fraction of sp³-hybridized carbons (Fsp3) is 0.750. The first-order valence-corrected chi connectivity index (χ1v) is 3.97. The molecule has 0 amide bonds. The lowest BCUT2D eigenvalue weighted by atomic mass is 10.1. The van der Waals surface area contributed by atoms with Crippen LogP contribution in [0.15, 0.2) is 0 Å². The third kappa shape index (κ3) is 4.08. The van der Waals surface area contributed by atoms with E-state index in [1.54, 1.807) is 6.92 Å². The molecule has 2 N–H and O–H groups in total. The molecule has 0 aliphatic heterocycles. The minimum atomic E-state index is -0.519. The number of ether oxygens (including phenoxy) is 1. The Hall–Kier alpha value is -0.900. The minimum absolute atomic E-state index is 0.0149. The summed E-state index contributed by atoms with van der Waals surface area (Å²) in [6, 6.07) is -0.519. The predicted molar refractivity (Wildman–Crippen MR) is 44.5 cm³/mol. The van der Waals surface area contributed by atoms with E-state index in [0.717, 1.165) is 0 Å². The summed E-state index contributed by atoms with van der Waals surface area (Å²) < 4.78 is 4.41. The van der Waals surface area contributed by atoms with Gasteiger partial charge in [-0.25, -0.2) is 0 Å². The van der Waals surface area contributed by atoms with E-state index < -0.39 is 6.04 Å². The largest absolute Gasteiger partial charge is 0.469 e. The van der Waals surface area contributed by atoms with Gasteiger partial charge in [0.05, 0.1) is 13.2 Å². The van der Waals surface area contributed by atoms with Crippen molar-refractivity contribution in [2.24, 2.45) is 5.73 Å². The highest BCUT2D eigenvalue weighted by Gasteiger charge is 2.12. The second-order valence-corrected chi connectivity index (χ2v) is 2.54. The molecule has 0 fully saturated rings. The van der Waals surface area contributed by atoms with Crippen LogP contribution in [0.25, 0.3) is 0 Å². The van der Waals surface area contributed by atoms with E-state index in [1.807, 2.05) is 0 Å². The maximum absolute atomic E-state index is 10.9. The Bertz CT molecular complexity index is 168. The van der Waals surface area contributed by atoms with Gasteiger partial charge < -0.3 is 10.5 Å². The van der Waals surface area contributed by atoms with Gasteiger partial charge in [-0.2, -0.15) is 0 Å². The monoisotopic (exact) mass is 173 g/mol. The van der Waals surface area contributed by atoms with Crippen LogP contribution in [0.2, 0.25) is 0 Å². The molecule has 0 saturated carbocycles. The van der Waals surface area contributed by atoms with E-state index in [2.05, 4.69) is 4.74 Å². The Kier molecular flexibility index (Phi) is 5.28. The number of hydrogen-bond acceptors (Lipinski definition) is 4. The third-order valence-corrected chi connectivity index (χ3v) is 1.65. The van der Waals surface area contributed by atoms with Crippen molar-refractivity contribution in [2.45, 2.75) is 32.2 Å². The van der Waals surface area contributed by atoms with Crippen molar-refractivity contribution in [1.29, 1.82) is 0 Å². The Morgan fingerprint density at radius 3 is 2.50 bits per heavy atom. The Balaban J connectivity index is 3.63. The molecule has 1 unspecified atom stereocenters. The molecule has 1 atom stereocenters. The maximum atomic E-state index is 10.9. The van der Waals surface area contributed by atoms with Gasteiger partial charge in [0.2, 0.25) is 0 Å². The van der Waals surface area contributed by atoms with Gasteiger partial charge in [0, 0.05) is 12.8 Å². The topological polar surface area (TPSA) is 69.4 Å². The standard InChI is InChI=1S/C8H15NO3/c1-3-7(10)6(9)4-5-8(11)12-2/h6H,3-5,9H2,1-2H3. The number of carbonyl (C=O) groups excluding carboxylic acids is 2. The van der Waals surface area contributed by atoms with Gasteiger partial charge in [-0.3, -0.25) is 9.59 Å². The lowest BCUT2D eigenvalue weighted by Crippen LogP contribution is -2.30. The molecule has 4 heteroatoms. The van der Waals surface area contributed by atoms with Crippen LogP contribution in [-0.4, -0.2) is 24.9 Å². The van der Waals surface area contributed by atoms with Crippen molar-refractivity contribution in [1.82, 2.24) is 0 Å². The molecule has 0 aliphatic rings. The SMILES string of the molecule is CCC(=O)C(N)CCC(=O)OC. The van der Waals surface area contributed by atoms with Gasteiger partial charge in [-0.05, 0) is 6.42 Å². The summed E-state index contributed by atoms with van der Waals surface area (Å²) in [5.41, 5.74) is 5.47. The van der Waals surface area contributed by atoms with Crippen LogP contribution in [0.4, 0.5) is 0 Å². The zero-order valence-corrected chi connectivity index (χ0v) is 7.50. The van der Waals surface area contributed by atoms with Crippen LogP contribution in [-0.2, 0) is 14.3 Å². The first-order valence-electron chi connectivity index (χ1n) is 3.97. The van der Waals surface area contributed by atoms with Crippen molar-refractivity contribution in [2.75, 3.05) is 7.11 Å². The van der Waals surface area contributed by atoms with E-state index in [0.29, 0.717) is 12.8 Å². The second kappa shape index (κ2) is 5.71. The van der Waals surface area contributed by atoms with Gasteiger partial charge in [0.25, 0.3) is 0 Å². The number of nitrogens with two attached hydrogens (primary N) is 1. The van der Waals surface area contributed by atoms with E-state index in [1.165, 1.54) is 7.11 Å². The summed E-state index contributed by atoms with van der Waals surface area (Å²) in [5, 5.41) is 0. The fourth-order valence-corrected chi connectivity index (χ4v) is 0.799. The zero-order chi connectivity index (χ0) is 9.56. The van der Waals surface area contributed by atoms with Crippen LogP contribution >= 0.6 is 0 Å². The van der Waals surface area contributed by atoms with Crippen LogP contribution in [0, 0.1) is 0 Å². The molecule has 70 valence electrons. The molecule has 0 radical (unpaired) electrons. The Morgan fingerprint density at radius 1 is 1.50 bits per heavy atom. The molecule has 0 aromatic heterocycles. The van der Waals surface area contributed by atoms with Gasteiger partial charge in [0.15, 0.2) is 0 Å². The molecule has 0 aromatic rings. The minimum Gasteiger partial charge on any atom is -0.469 e. The highest BCUT2D eigenvalue weighted by Crippen LogP contribution is 1.99. The molecule has 0 bridgehead atoms. The lowest BCUT2D eigenvalue weighted by Gasteiger charge is -2.07. The van der Waals surface area contributed by atoms with Crippen molar-refractivity contribution >= 4 is 11.8 Å². The van der Waals surface area contributed by atoms with E-state index in [4.69, 9.17) is 5.73 Å². The van der Waals surface area contributed by atoms with E-state index in [9.17, 15) is 9.59 Å². The quantitative estimate of drug-likeness (QED) is 0.605. The summed E-state index contributed by atoms with van der Waals surface area (Å²) >= 11 is 0. The number of hydrogen-bond donors (Lipinski definition) is 1. The van der Waals surface area contributed by atoms with Gasteiger partial charge in [0.1, 0.15) is 5.78 Å². The number of rotatable bonds is 5. The summed E-state index contributed by atoms with van der Waals surface area (Å²) in [6.45, 7) is 1.75. The molecule has 0 heterocycles. The molecule has 12 heavy (non-hydrogen) atoms. The highest BCUT2D eigenvalue weighted by atomic mass is 16.5. The summed E-state index contributed by atoms with van der Waals surface area (Å²) in [4.78, 5) is 21.6. The first-order chi connectivity index (χ1) is 5.61. The van der Waals surface area contributed by atoms with Crippen LogP contribution in [0.1, 0.15) is 26.2 Å². The van der Waals surface area contributed by atoms with Crippen molar-refractivity contribution in [3.63, 3.8) is 0 Å². The second-order valence-electron chi connectivity index (χ2n) is 2.54. The fourth-order valence-electron chi connectivity index (χ4n) is 0.799. The molecule has 0 aliphatic carbocycles. The first kappa shape index (κ1) is 11.1. The molecule has 0 aromatic carbocycles. The zero-order valence-electron chi connectivity index (χ0n) is 7.50. The third-order valence-electron chi connectivity index (χ3n) is 1.65. The number of Topliss-reactive ketones (excluding diaryl/α,β-unsaturated/α-hetero) is 1. The molecule has 0 saturated heterocycles. The maximum Gasteiger partial charge on any atom is 0.305 e. The molecule has 4 nitrogen and oxygen atoms in total. The average Bonchev–Trinajstić information content (AvgIpc) is 2.11. The van der Waals surface area contributed by atoms with Crippen molar-refractivity contribution in [3.8, 4) is 0 Å². The van der Waals surface area contributed by atoms with Crippen LogP contribution < -0.4 is 5.73 Å². The number of ketones is 1. The van der Waals surface area contributed by atoms with Gasteiger partial charge >= 0.3 is 5.97 Å². The Labute approximate surface area is 72.1 Å². The molecule has 0 rings (SSSR count).